The van der Waals surface area contributed by atoms with Crippen molar-refractivity contribution >= 4 is 73.8 Å². The van der Waals surface area contributed by atoms with Crippen LogP contribution in [-0.4, -0.2) is 184 Å². The van der Waals surface area contributed by atoms with Crippen molar-refractivity contribution < 1.29 is 74.2 Å². The molecule has 93 heavy (non-hydrogen) atoms. The van der Waals surface area contributed by atoms with Gasteiger partial charge < -0.3 is 74.6 Å². The zero-order valence-electron chi connectivity index (χ0n) is 52.1. The second-order valence-corrected chi connectivity index (χ2v) is 26.4. The SMILES string of the molecule is Cc1ncsc1-c1ccc(CNC(=O)[C@@H]2C[C@@H](O)CN2C(=O)[C@@H](NC(=O)CCCCF)C(C)(C)C)c(OCCOCCOCCOCCOc2nc(Nc3cc(S(C)(=O)=O)ccc3N[C@@H](c3cccc4c3OC(F)(F)O4)c3ncccc3Cl)nc(N3CCNCC3)n2)c1. The summed E-state index contributed by atoms with van der Waals surface area (Å²) in [4.78, 5) is 67.5. The third kappa shape index (κ3) is 19.0. The number of amides is 3. The van der Waals surface area contributed by atoms with Gasteiger partial charge in [-0.1, -0.05) is 56.6 Å². The molecule has 0 unspecified atom stereocenters. The number of rotatable bonds is 32. The van der Waals surface area contributed by atoms with E-state index >= 15 is 0 Å². The molecule has 0 radical (unpaired) electrons. The summed E-state index contributed by atoms with van der Waals surface area (Å²) in [7, 11) is -3.77. The van der Waals surface area contributed by atoms with Crippen molar-refractivity contribution in [1.29, 1.82) is 0 Å². The monoisotopic (exact) mass is 1350 g/mol. The first-order valence-corrected chi connectivity index (χ1v) is 33.4. The van der Waals surface area contributed by atoms with Crippen molar-refractivity contribution in [2.75, 3.05) is 114 Å². The zero-order valence-corrected chi connectivity index (χ0v) is 54.4. The van der Waals surface area contributed by atoms with E-state index in [2.05, 4.69) is 46.5 Å². The van der Waals surface area contributed by atoms with Crippen molar-refractivity contribution in [2.24, 2.45) is 5.41 Å². The summed E-state index contributed by atoms with van der Waals surface area (Å²) in [6.45, 7) is 10.6. The summed E-state index contributed by atoms with van der Waals surface area (Å²) >= 11 is 8.17. The molecule has 2 saturated heterocycles. The van der Waals surface area contributed by atoms with E-state index in [4.69, 9.17) is 49.7 Å². The number of carbonyl (C=O) groups excluding carboxylic acids is 3. The predicted molar refractivity (Wildman–Crippen MR) is 340 cm³/mol. The van der Waals surface area contributed by atoms with Gasteiger partial charge in [-0.15, -0.1) is 20.1 Å². The highest BCUT2D eigenvalue weighted by Gasteiger charge is 2.47. The summed E-state index contributed by atoms with van der Waals surface area (Å²) < 4.78 is 107. The lowest BCUT2D eigenvalue weighted by molar-refractivity contribution is -0.287. The Hall–Kier alpha value is -7.71. The molecular weight excluding hydrogens is 1280 g/mol. The Kier molecular flexibility index (Phi) is 23.9. The lowest BCUT2D eigenvalue weighted by Gasteiger charge is -2.35. The molecule has 9 rings (SSSR count). The number of ether oxygens (including phenoxy) is 7. The molecule has 0 bridgehead atoms. The maximum Gasteiger partial charge on any atom is 0.586 e. The van der Waals surface area contributed by atoms with Gasteiger partial charge in [0.15, 0.2) is 21.3 Å². The van der Waals surface area contributed by atoms with Gasteiger partial charge in [0.1, 0.15) is 31.0 Å². The molecule has 6 aromatic rings. The van der Waals surface area contributed by atoms with Crippen LogP contribution in [0.15, 0.2) is 83.3 Å². The third-order valence-electron chi connectivity index (χ3n) is 15.1. The minimum absolute atomic E-state index is 0.00953. The lowest BCUT2D eigenvalue weighted by atomic mass is 9.85. The van der Waals surface area contributed by atoms with Gasteiger partial charge in [0, 0.05) is 75.7 Å². The number of thiazole rings is 1. The van der Waals surface area contributed by atoms with Crippen molar-refractivity contribution in [3.8, 4) is 33.7 Å². The summed E-state index contributed by atoms with van der Waals surface area (Å²) in [6.07, 6.45) is -1.73. The Morgan fingerprint density at radius 2 is 1.62 bits per heavy atom. The number of aliphatic hydroxyl groups is 1. The molecule has 31 heteroatoms. The molecule has 0 saturated carbocycles. The average Bonchev–Trinajstić information content (AvgIpc) is 1.73. The van der Waals surface area contributed by atoms with E-state index in [1.165, 1.54) is 52.8 Å². The van der Waals surface area contributed by atoms with Gasteiger partial charge in [-0.05, 0) is 73.2 Å². The molecule has 3 amide bonds. The van der Waals surface area contributed by atoms with Gasteiger partial charge >= 0.3 is 12.3 Å². The van der Waals surface area contributed by atoms with Crippen molar-refractivity contribution in [3.63, 3.8) is 0 Å². The molecule has 4 atom stereocenters. The summed E-state index contributed by atoms with van der Waals surface area (Å²) in [6, 6.07) is 14.4. The first-order valence-electron chi connectivity index (χ1n) is 30.3. The van der Waals surface area contributed by atoms with Gasteiger partial charge in [0.05, 0.1) is 102 Å². The standard InChI is InChI=1S/C62H76ClF3N12O13S2/c1-38-54(92-37-70-38)39-14-15-40(35-69-56(81)47-33-41(79)36-78(47)57(82)55(61(2,3)4)73-50(80)13-6-7-18-64)49(32-39)88-30-28-86-26-24-85-25-27-87-29-31-89-60-75-58(74-59(76-60)77-22-20-67-21-23-77)72-46-34-42(93(5,83)84)16-17-45(46)71-51(52-44(63)11-9-19-68-52)43-10-8-12-48-53(43)91-62(65,66)90-48/h8-12,14-17,19,32,34,37,41,47,51,55,67,71,79H,6-7,13,18,20-31,33,35-36H2,1-5H3,(H,69,81)(H,73,80)(H,72,74,75,76)/t41-,47+,51+,55-/m1/s1. The van der Waals surface area contributed by atoms with Crippen molar-refractivity contribution in [1.82, 2.24) is 45.8 Å². The largest absolute Gasteiger partial charge is 0.586 e. The highest BCUT2D eigenvalue weighted by molar-refractivity contribution is 7.90. The molecule has 3 aliphatic rings. The average molecular weight is 1350 g/mol. The number of aromatic nitrogens is 5. The number of hydrogen-bond acceptors (Lipinski definition) is 23. The van der Waals surface area contributed by atoms with Crippen molar-refractivity contribution in [3.05, 3.63) is 106 Å². The number of piperazine rings is 1. The Balaban J connectivity index is 0.761. The maximum atomic E-state index is 14.5. The lowest BCUT2D eigenvalue weighted by Crippen LogP contribution is -2.57. The number of likely N-dealkylation sites (tertiary alicyclic amines) is 1. The van der Waals surface area contributed by atoms with Gasteiger partial charge in [0.2, 0.25) is 29.6 Å². The van der Waals surface area contributed by atoms with Crippen LogP contribution in [0, 0.1) is 12.3 Å². The van der Waals surface area contributed by atoms with Crippen LogP contribution in [0.5, 0.6) is 23.3 Å². The van der Waals surface area contributed by atoms with E-state index in [0.717, 1.165) is 22.4 Å². The molecule has 2 fully saturated rings. The van der Waals surface area contributed by atoms with Crippen LogP contribution in [-0.2, 0) is 45.0 Å². The number of β-amino-alcohol motifs (C(OH)–C–C–N with tert-alkyl or cyclic N) is 1. The molecule has 0 spiro atoms. The number of carbonyl (C=O) groups is 3. The minimum atomic E-state index is -3.94. The number of nitrogens with one attached hydrogen (secondary N) is 5. The number of pyridine rings is 1. The Bertz CT molecular complexity index is 3660. The third-order valence-corrected chi connectivity index (χ3v) is 17.5. The number of nitrogens with zero attached hydrogens (tertiary/aromatic N) is 7. The maximum absolute atomic E-state index is 14.5. The van der Waals surface area contributed by atoms with Crippen LogP contribution in [0.2, 0.25) is 5.02 Å². The predicted octanol–water partition coefficient (Wildman–Crippen LogP) is 7.19. The van der Waals surface area contributed by atoms with E-state index in [9.17, 15) is 41.1 Å². The van der Waals surface area contributed by atoms with Crippen LogP contribution < -0.4 is 50.4 Å². The summed E-state index contributed by atoms with van der Waals surface area (Å²) in [5.41, 5.74) is 4.26. The number of fused-ring (bicyclic) bond motifs is 1. The number of unbranched alkanes of at least 4 members (excludes halogenated alkanes) is 1. The first-order chi connectivity index (χ1) is 44.5. The summed E-state index contributed by atoms with van der Waals surface area (Å²) in [5.74, 6) is -1.06. The fraction of sp³-hybridized carbons (Fsp3) is 0.484. The fourth-order valence-electron chi connectivity index (χ4n) is 10.4. The Labute approximate surface area is 545 Å². The quantitative estimate of drug-likeness (QED) is 0.0228. The number of aliphatic hydroxyl groups excluding tert-OH is 1. The van der Waals surface area contributed by atoms with E-state index in [1.54, 1.807) is 44.5 Å². The van der Waals surface area contributed by atoms with Crippen LogP contribution in [0.25, 0.3) is 10.4 Å². The van der Waals surface area contributed by atoms with Crippen LogP contribution >= 0.6 is 22.9 Å². The van der Waals surface area contributed by atoms with E-state index in [0.29, 0.717) is 43.9 Å². The zero-order chi connectivity index (χ0) is 66.3. The number of alkyl halides is 3. The van der Waals surface area contributed by atoms with E-state index in [1.807, 2.05) is 30.0 Å². The number of anilines is 4. The topological polar surface area (TPSA) is 301 Å². The highest BCUT2D eigenvalue weighted by atomic mass is 35.5. The number of benzene rings is 3. The van der Waals surface area contributed by atoms with Crippen molar-refractivity contribution in [2.45, 2.75) is 95.3 Å². The van der Waals surface area contributed by atoms with E-state index < -0.39 is 70.2 Å². The number of para-hydroxylation sites is 1. The molecule has 25 nitrogen and oxygen atoms in total. The number of hydrogen-bond donors (Lipinski definition) is 6. The normalized spacial score (nSPS) is 16.8. The molecule has 0 aliphatic carbocycles. The Morgan fingerprint density at radius 3 is 2.31 bits per heavy atom. The Morgan fingerprint density at radius 1 is 0.892 bits per heavy atom. The molecule has 502 valence electrons. The number of aryl methyl sites for hydroxylation is 1. The van der Waals surface area contributed by atoms with Gasteiger partial charge in [-0.2, -0.15) is 15.0 Å². The van der Waals surface area contributed by atoms with Crippen LogP contribution in [0.3, 0.4) is 0 Å². The number of halogens is 4. The second kappa shape index (κ2) is 31.9. The minimum Gasteiger partial charge on any atom is -0.491 e. The second-order valence-electron chi connectivity index (χ2n) is 23.1. The van der Waals surface area contributed by atoms with Gasteiger partial charge in [0.25, 0.3) is 0 Å². The fourth-order valence-corrected chi connectivity index (χ4v) is 12.1. The molecule has 6 heterocycles. The first kappa shape index (κ1) is 69.6. The smallest absolute Gasteiger partial charge is 0.491 e. The molecule has 6 N–H and O–H groups in total. The van der Waals surface area contributed by atoms with Crippen LogP contribution in [0.1, 0.15) is 75.0 Å². The van der Waals surface area contributed by atoms with Gasteiger partial charge in [-0.3, -0.25) is 23.8 Å². The molecule has 3 aromatic carbocycles. The summed E-state index contributed by atoms with van der Waals surface area (Å²) in [5, 5.41) is 26.4. The molecule has 3 aliphatic heterocycles. The molecular formula is C62H76ClF3N12O13S2. The number of sulfone groups is 1. The van der Waals surface area contributed by atoms with Crippen LogP contribution in [0.4, 0.5) is 36.4 Å². The van der Waals surface area contributed by atoms with Gasteiger partial charge in [-0.25, -0.2) is 13.4 Å². The highest BCUT2D eigenvalue weighted by Crippen LogP contribution is 2.48. The molecule has 3 aromatic heterocycles. The van der Waals surface area contributed by atoms with E-state index in [-0.39, 0.29) is 147 Å².